The zero-order chi connectivity index (χ0) is 21.7. The van der Waals surface area contributed by atoms with Gasteiger partial charge in [0.25, 0.3) is 5.91 Å². The molecule has 0 saturated heterocycles. The van der Waals surface area contributed by atoms with Gasteiger partial charge in [-0.2, -0.15) is 5.10 Å². The van der Waals surface area contributed by atoms with Crippen LogP contribution in [0.3, 0.4) is 0 Å². The molecule has 30 heavy (non-hydrogen) atoms. The zero-order valence-electron chi connectivity index (χ0n) is 16.6. The van der Waals surface area contributed by atoms with Crippen molar-refractivity contribution in [3.63, 3.8) is 0 Å². The van der Waals surface area contributed by atoms with E-state index in [-0.39, 0.29) is 25.5 Å². The first-order valence-corrected chi connectivity index (χ1v) is 9.17. The molecule has 2 aromatic carbocycles. The highest BCUT2D eigenvalue weighted by molar-refractivity contribution is 6.02. The van der Waals surface area contributed by atoms with Crippen LogP contribution >= 0.6 is 0 Å². The summed E-state index contributed by atoms with van der Waals surface area (Å²) in [6.07, 6.45) is 0. The van der Waals surface area contributed by atoms with Crippen LogP contribution in [0.1, 0.15) is 21.6 Å². The highest BCUT2D eigenvalue weighted by Crippen LogP contribution is 2.24. The van der Waals surface area contributed by atoms with E-state index in [0.29, 0.717) is 27.7 Å². The minimum Gasteiger partial charge on any atom is -0.464 e. The molecule has 0 unspecified atom stereocenters. The van der Waals surface area contributed by atoms with Gasteiger partial charge < -0.3 is 19.8 Å². The van der Waals surface area contributed by atoms with Gasteiger partial charge in [-0.1, -0.05) is 18.1 Å². The van der Waals surface area contributed by atoms with Crippen molar-refractivity contribution in [3.05, 3.63) is 59.3 Å². The molecule has 0 bridgehead atoms. The molecule has 0 aliphatic rings. The summed E-state index contributed by atoms with van der Waals surface area (Å²) in [5.41, 5.74) is 2.69. The van der Waals surface area contributed by atoms with E-state index < -0.39 is 11.9 Å². The molecule has 0 atom stereocenters. The molecular weight excluding hydrogens is 386 g/mol. The second kappa shape index (κ2) is 9.22. The Balaban J connectivity index is 2.04. The lowest BCUT2D eigenvalue weighted by Crippen LogP contribution is -2.28. The fraction of sp³-hybridized carbons (Fsp3) is 0.227. The Labute approximate surface area is 173 Å². The highest BCUT2D eigenvalue weighted by atomic mass is 16.5. The number of aromatic nitrogens is 2. The summed E-state index contributed by atoms with van der Waals surface area (Å²) >= 11 is 0. The van der Waals surface area contributed by atoms with E-state index in [1.807, 2.05) is 0 Å². The van der Waals surface area contributed by atoms with Crippen molar-refractivity contribution in [2.75, 3.05) is 27.3 Å². The topological polar surface area (TPSA) is 105 Å². The van der Waals surface area contributed by atoms with E-state index in [2.05, 4.69) is 16.9 Å². The van der Waals surface area contributed by atoms with E-state index in [1.54, 1.807) is 54.2 Å². The van der Waals surface area contributed by atoms with Crippen LogP contribution < -0.4 is 0 Å². The van der Waals surface area contributed by atoms with Crippen LogP contribution in [0, 0.1) is 11.8 Å². The molecule has 1 aromatic heterocycles. The van der Waals surface area contributed by atoms with Gasteiger partial charge in [0.05, 0.1) is 31.5 Å². The molecule has 0 radical (unpaired) electrons. The average molecular weight is 407 g/mol. The number of rotatable bonds is 5. The SMILES string of the molecule is COC(=O)c1nn(-c2cccc(C#CC(=O)N(C)CCO)c2)c2ccc(CO)cc12. The van der Waals surface area contributed by atoms with E-state index in [4.69, 9.17) is 9.84 Å². The predicted molar refractivity (Wildman–Crippen MR) is 110 cm³/mol. The summed E-state index contributed by atoms with van der Waals surface area (Å²) in [5, 5.41) is 23.3. The van der Waals surface area contributed by atoms with Gasteiger partial charge in [-0.15, -0.1) is 0 Å². The van der Waals surface area contributed by atoms with Crippen LogP contribution in [0.4, 0.5) is 0 Å². The predicted octanol–water partition coefficient (Wildman–Crippen LogP) is 1.11. The molecule has 3 rings (SSSR count). The third-order valence-corrected chi connectivity index (χ3v) is 4.49. The molecule has 1 heterocycles. The number of methoxy groups -OCH3 is 1. The van der Waals surface area contributed by atoms with Crippen LogP contribution in [0.25, 0.3) is 16.6 Å². The maximum atomic E-state index is 12.2. The number of likely N-dealkylation sites (N-methyl/N-ethyl adjacent to an activating group) is 1. The zero-order valence-corrected chi connectivity index (χ0v) is 16.6. The lowest BCUT2D eigenvalue weighted by molar-refractivity contribution is -0.124. The number of benzene rings is 2. The first kappa shape index (κ1) is 21.0. The number of carbonyl (C=O) groups excluding carboxylic acids is 2. The molecule has 0 saturated carbocycles. The molecular formula is C22H21N3O5. The standard InChI is InChI=1S/C22H21N3O5/c1-24(10-11-26)20(28)9-7-15-4-3-5-17(12-15)25-19-8-6-16(14-27)13-18(19)21(23-25)22(29)30-2/h3-6,8,12-13,26-27H,10-11,14H2,1-2H3. The Morgan fingerprint density at radius 1 is 1.20 bits per heavy atom. The first-order chi connectivity index (χ1) is 14.5. The number of hydrogen-bond donors (Lipinski definition) is 2. The second-order valence-electron chi connectivity index (χ2n) is 6.51. The van der Waals surface area contributed by atoms with Crippen molar-refractivity contribution in [1.29, 1.82) is 0 Å². The fourth-order valence-electron chi connectivity index (χ4n) is 2.90. The van der Waals surface area contributed by atoms with Crippen LogP contribution in [0.2, 0.25) is 0 Å². The number of ether oxygens (including phenoxy) is 1. The Hall–Kier alpha value is -3.67. The van der Waals surface area contributed by atoms with Gasteiger partial charge in [0.1, 0.15) is 0 Å². The van der Waals surface area contributed by atoms with Crippen LogP contribution in [0.15, 0.2) is 42.5 Å². The van der Waals surface area contributed by atoms with Gasteiger partial charge >= 0.3 is 5.97 Å². The number of carbonyl (C=O) groups is 2. The molecule has 1 amide bonds. The van der Waals surface area contributed by atoms with Crippen LogP contribution in [-0.2, 0) is 16.1 Å². The number of esters is 1. The number of nitrogens with zero attached hydrogens (tertiary/aromatic N) is 3. The number of aliphatic hydroxyl groups is 2. The number of amides is 1. The molecule has 2 N–H and O–H groups in total. The Bertz CT molecular complexity index is 1160. The van der Waals surface area contributed by atoms with Gasteiger partial charge in [0, 0.05) is 30.5 Å². The maximum absolute atomic E-state index is 12.2. The van der Waals surface area contributed by atoms with Crippen molar-refractivity contribution in [3.8, 4) is 17.5 Å². The summed E-state index contributed by atoms with van der Waals surface area (Å²) < 4.78 is 6.43. The molecule has 0 aliphatic carbocycles. The fourth-order valence-corrected chi connectivity index (χ4v) is 2.90. The van der Waals surface area contributed by atoms with Crippen LogP contribution in [-0.4, -0.2) is 64.1 Å². The minimum atomic E-state index is -0.581. The van der Waals surface area contributed by atoms with Gasteiger partial charge in [0.15, 0.2) is 5.69 Å². The summed E-state index contributed by atoms with van der Waals surface area (Å²) in [6.45, 7) is -0.0865. The molecule has 0 aliphatic heterocycles. The molecule has 0 fully saturated rings. The Morgan fingerprint density at radius 3 is 2.70 bits per heavy atom. The largest absolute Gasteiger partial charge is 0.464 e. The quantitative estimate of drug-likeness (QED) is 0.485. The van der Waals surface area contributed by atoms with Gasteiger partial charge in [-0.25, -0.2) is 9.48 Å². The smallest absolute Gasteiger partial charge is 0.359 e. The number of hydrogen-bond acceptors (Lipinski definition) is 6. The first-order valence-electron chi connectivity index (χ1n) is 9.17. The van der Waals surface area contributed by atoms with Gasteiger partial charge in [-0.3, -0.25) is 4.79 Å². The number of aliphatic hydroxyl groups excluding tert-OH is 2. The minimum absolute atomic E-state index is 0.133. The summed E-state index contributed by atoms with van der Waals surface area (Å²) in [6, 6.07) is 12.3. The van der Waals surface area contributed by atoms with Crippen molar-refractivity contribution in [1.82, 2.24) is 14.7 Å². The molecule has 8 heteroatoms. The van der Waals surface area contributed by atoms with Crippen molar-refractivity contribution in [2.45, 2.75) is 6.61 Å². The second-order valence-corrected chi connectivity index (χ2v) is 6.51. The normalized spacial score (nSPS) is 10.4. The molecule has 8 nitrogen and oxygen atoms in total. The van der Waals surface area contributed by atoms with E-state index in [9.17, 15) is 14.7 Å². The van der Waals surface area contributed by atoms with Crippen LogP contribution in [0.5, 0.6) is 0 Å². The Morgan fingerprint density at radius 2 is 2.00 bits per heavy atom. The van der Waals surface area contributed by atoms with E-state index >= 15 is 0 Å². The lowest BCUT2D eigenvalue weighted by atomic mass is 10.1. The van der Waals surface area contributed by atoms with Crippen molar-refractivity contribution < 1.29 is 24.5 Å². The lowest BCUT2D eigenvalue weighted by Gasteiger charge is -2.10. The molecule has 154 valence electrons. The Kier molecular flexibility index (Phi) is 6.47. The highest BCUT2D eigenvalue weighted by Gasteiger charge is 2.19. The molecule has 3 aromatic rings. The third-order valence-electron chi connectivity index (χ3n) is 4.49. The molecule has 0 spiro atoms. The summed E-state index contributed by atoms with van der Waals surface area (Å²) in [7, 11) is 2.85. The van der Waals surface area contributed by atoms with E-state index in [0.717, 1.165) is 0 Å². The monoisotopic (exact) mass is 407 g/mol. The average Bonchev–Trinajstić information content (AvgIpc) is 3.16. The van der Waals surface area contributed by atoms with Gasteiger partial charge in [-0.05, 0) is 35.9 Å². The van der Waals surface area contributed by atoms with Gasteiger partial charge in [0.2, 0.25) is 0 Å². The third kappa shape index (κ3) is 4.33. The summed E-state index contributed by atoms with van der Waals surface area (Å²) in [4.78, 5) is 25.5. The summed E-state index contributed by atoms with van der Waals surface area (Å²) in [5.74, 6) is 4.37. The maximum Gasteiger partial charge on any atom is 0.359 e. The number of fused-ring (bicyclic) bond motifs is 1. The van der Waals surface area contributed by atoms with Crippen molar-refractivity contribution >= 4 is 22.8 Å². The van der Waals surface area contributed by atoms with E-state index in [1.165, 1.54) is 12.0 Å². The van der Waals surface area contributed by atoms with Crippen molar-refractivity contribution in [2.24, 2.45) is 0 Å².